The smallest absolute Gasteiger partial charge is 0.307 e. The van der Waals surface area contributed by atoms with Gasteiger partial charge >= 0.3 is 5.69 Å². The molecular weight excluding hydrogens is 284 g/mol. The van der Waals surface area contributed by atoms with Crippen molar-refractivity contribution in [1.29, 1.82) is 0 Å². The zero-order valence-corrected chi connectivity index (χ0v) is 11.7. The maximum Gasteiger partial charge on any atom is 0.307 e. The van der Waals surface area contributed by atoms with Gasteiger partial charge in [0.2, 0.25) is 5.82 Å². The van der Waals surface area contributed by atoms with Crippen molar-refractivity contribution >= 4 is 11.6 Å². The Morgan fingerprint density at radius 2 is 2.00 bits per heavy atom. The monoisotopic (exact) mass is 299 g/mol. The Kier molecular flexibility index (Phi) is 4.17. The second-order valence-corrected chi connectivity index (χ2v) is 5.15. The molecule has 1 fully saturated rings. The van der Waals surface area contributed by atoms with Crippen LogP contribution in [0.1, 0.15) is 17.3 Å². The highest BCUT2D eigenvalue weighted by molar-refractivity contribution is 5.95. The number of nitro benzene ring substituents is 1. The quantitative estimate of drug-likeness (QED) is 0.615. The normalized spacial score (nSPS) is 19.6. The second-order valence-electron chi connectivity index (χ2n) is 5.15. The highest BCUT2D eigenvalue weighted by Crippen LogP contribution is 2.23. The van der Waals surface area contributed by atoms with Gasteiger partial charge in [-0.25, -0.2) is 4.39 Å². The molecule has 1 heterocycles. The van der Waals surface area contributed by atoms with Gasteiger partial charge in [-0.15, -0.1) is 0 Å². The van der Waals surface area contributed by atoms with Gasteiger partial charge in [0.1, 0.15) is 5.82 Å². The zero-order valence-electron chi connectivity index (χ0n) is 11.7. The number of nitro groups is 1. The van der Waals surface area contributed by atoms with Gasteiger partial charge in [0, 0.05) is 25.7 Å². The number of halogens is 2. The van der Waals surface area contributed by atoms with E-state index in [9.17, 15) is 23.7 Å². The maximum absolute atomic E-state index is 13.9. The van der Waals surface area contributed by atoms with Gasteiger partial charge in [0.05, 0.1) is 16.6 Å². The van der Waals surface area contributed by atoms with Gasteiger partial charge in [-0.3, -0.25) is 14.9 Å². The second kappa shape index (κ2) is 5.72. The molecule has 0 bridgehead atoms. The Labute approximate surface area is 120 Å². The van der Waals surface area contributed by atoms with E-state index in [1.165, 1.54) is 4.90 Å². The lowest BCUT2D eigenvalue weighted by Gasteiger charge is -2.38. The molecule has 0 N–H and O–H groups in total. The number of rotatable bonds is 2. The highest BCUT2D eigenvalue weighted by atomic mass is 19.1. The predicted octanol–water partition coefficient (Wildman–Crippen LogP) is 1.65. The van der Waals surface area contributed by atoms with Crippen molar-refractivity contribution in [3.63, 3.8) is 0 Å². The van der Waals surface area contributed by atoms with Crippen LogP contribution in [0.3, 0.4) is 0 Å². The molecule has 1 aliphatic rings. The molecule has 6 nitrogen and oxygen atoms in total. The van der Waals surface area contributed by atoms with Gasteiger partial charge < -0.3 is 9.80 Å². The molecule has 8 heteroatoms. The van der Waals surface area contributed by atoms with Gasteiger partial charge in [0.25, 0.3) is 5.91 Å². The summed E-state index contributed by atoms with van der Waals surface area (Å²) in [5, 5.41) is 10.5. The number of piperazine rings is 1. The summed E-state index contributed by atoms with van der Waals surface area (Å²) in [6, 6.07) is 0.901. The van der Waals surface area contributed by atoms with Gasteiger partial charge in [-0.2, -0.15) is 4.39 Å². The summed E-state index contributed by atoms with van der Waals surface area (Å²) in [5.74, 6) is -2.95. The van der Waals surface area contributed by atoms with Crippen LogP contribution >= 0.6 is 0 Å². The van der Waals surface area contributed by atoms with E-state index in [1.54, 1.807) is 0 Å². The van der Waals surface area contributed by atoms with Crippen molar-refractivity contribution in [2.45, 2.75) is 13.0 Å². The maximum atomic E-state index is 13.9. The number of benzene rings is 1. The van der Waals surface area contributed by atoms with Crippen LogP contribution in [0, 0.1) is 21.7 Å². The van der Waals surface area contributed by atoms with E-state index in [1.807, 2.05) is 18.9 Å². The van der Waals surface area contributed by atoms with Crippen molar-refractivity contribution < 1.29 is 18.5 Å². The first-order valence-corrected chi connectivity index (χ1v) is 6.44. The summed E-state index contributed by atoms with van der Waals surface area (Å²) in [6.07, 6.45) is 0. The predicted molar refractivity (Wildman–Crippen MR) is 71.0 cm³/mol. The topological polar surface area (TPSA) is 66.7 Å². The molecule has 1 atom stereocenters. The summed E-state index contributed by atoms with van der Waals surface area (Å²) in [6.45, 7) is 3.47. The van der Waals surface area contributed by atoms with Crippen LogP contribution in [-0.2, 0) is 0 Å². The third kappa shape index (κ3) is 2.99. The van der Waals surface area contributed by atoms with Crippen LogP contribution in [-0.4, -0.2) is 53.4 Å². The number of hydrogen-bond donors (Lipinski definition) is 0. The third-order valence-electron chi connectivity index (χ3n) is 3.56. The Hall–Kier alpha value is -2.09. The molecule has 0 radical (unpaired) electrons. The molecule has 1 aromatic carbocycles. The number of likely N-dealkylation sites (N-methyl/N-ethyl adjacent to an activating group) is 1. The Balaban J connectivity index is 2.31. The fraction of sp³-hybridized carbons (Fsp3) is 0.462. The molecule has 0 aromatic heterocycles. The summed E-state index contributed by atoms with van der Waals surface area (Å²) in [4.78, 5) is 25.3. The molecule has 21 heavy (non-hydrogen) atoms. The van der Waals surface area contributed by atoms with Crippen molar-refractivity contribution in [3.05, 3.63) is 39.4 Å². The molecule has 2 rings (SSSR count). The van der Waals surface area contributed by atoms with E-state index in [4.69, 9.17) is 0 Å². The van der Waals surface area contributed by atoms with E-state index < -0.39 is 33.7 Å². The Morgan fingerprint density at radius 3 is 2.57 bits per heavy atom. The van der Waals surface area contributed by atoms with Crippen molar-refractivity contribution in [2.75, 3.05) is 26.7 Å². The lowest BCUT2D eigenvalue weighted by molar-refractivity contribution is -0.387. The van der Waals surface area contributed by atoms with E-state index in [0.717, 1.165) is 0 Å². The fourth-order valence-electron chi connectivity index (χ4n) is 2.44. The molecule has 1 aromatic rings. The van der Waals surface area contributed by atoms with E-state index in [-0.39, 0.29) is 6.04 Å². The Morgan fingerprint density at radius 1 is 1.33 bits per heavy atom. The largest absolute Gasteiger partial charge is 0.333 e. The van der Waals surface area contributed by atoms with Crippen LogP contribution in [0.25, 0.3) is 0 Å². The summed E-state index contributed by atoms with van der Waals surface area (Å²) < 4.78 is 27.5. The average Bonchev–Trinajstić information content (AvgIpc) is 2.40. The van der Waals surface area contributed by atoms with Crippen LogP contribution in [0.15, 0.2) is 12.1 Å². The lowest BCUT2D eigenvalue weighted by Crippen LogP contribution is -2.52. The fourth-order valence-corrected chi connectivity index (χ4v) is 2.44. The number of carbonyl (C=O) groups excluding carboxylic acids is 1. The van der Waals surface area contributed by atoms with Crippen LogP contribution < -0.4 is 0 Å². The zero-order chi connectivity index (χ0) is 15.7. The van der Waals surface area contributed by atoms with Crippen LogP contribution in [0.2, 0.25) is 0 Å². The Bertz CT molecular complexity index is 594. The third-order valence-corrected chi connectivity index (χ3v) is 3.56. The van der Waals surface area contributed by atoms with Gasteiger partial charge in [-0.1, -0.05) is 0 Å². The molecule has 0 aliphatic carbocycles. The minimum Gasteiger partial charge on any atom is -0.333 e. The summed E-state index contributed by atoms with van der Waals surface area (Å²) in [5.41, 5.74) is -1.45. The molecule has 1 amide bonds. The first kappa shape index (κ1) is 15.3. The molecule has 0 saturated carbocycles. The first-order chi connectivity index (χ1) is 9.81. The van der Waals surface area contributed by atoms with E-state index in [2.05, 4.69) is 0 Å². The van der Waals surface area contributed by atoms with E-state index >= 15 is 0 Å². The van der Waals surface area contributed by atoms with E-state index in [0.29, 0.717) is 31.8 Å². The van der Waals surface area contributed by atoms with Crippen molar-refractivity contribution in [2.24, 2.45) is 0 Å². The van der Waals surface area contributed by atoms with Crippen LogP contribution in [0.4, 0.5) is 14.5 Å². The average molecular weight is 299 g/mol. The molecule has 1 saturated heterocycles. The molecule has 114 valence electrons. The summed E-state index contributed by atoms with van der Waals surface area (Å²) >= 11 is 0. The number of hydrogen-bond acceptors (Lipinski definition) is 4. The lowest BCUT2D eigenvalue weighted by atomic mass is 10.1. The minimum atomic E-state index is -1.22. The minimum absolute atomic E-state index is 0.145. The molecule has 1 unspecified atom stereocenters. The van der Waals surface area contributed by atoms with Crippen molar-refractivity contribution in [3.8, 4) is 0 Å². The first-order valence-electron chi connectivity index (χ1n) is 6.44. The molecule has 0 spiro atoms. The number of nitrogens with zero attached hydrogens (tertiary/aromatic N) is 3. The standard InChI is InChI=1S/C13H15F2N3O3/c1-8-7-16(2)3-4-17(8)13(19)9-5-11(15)12(18(20)21)6-10(9)14/h5-6,8H,3-4,7H2,1-2H3. The number of carbonyl (C=O) groups is 1. The number of amides is 1. The van der Waals surface area contributed by atoms with Crippen LogP contribution in [0.5, 0.6) is 0 Å². The molecule has 1 aliphatic heterocycles. The summed E-state index contributed by atoms with van der Waals surface area (Å²) in [7, 11) is 1.91. The van der Waals surface area contributed by atoms with Crippen molar-refractivity contribution in [1.82, 2.24) is 9.80 Å². The highest BCUT2D eigenvalue weighted by Gasteiger charge is 2.30. The molecular formula is C13H15F2N3O3. The SMILES string of the molecule is CC1CN(C)CCN1C(=O)c1cc(F)c([N+](=O)[O-])cc1F. The van der Waals surface area contributed by atoms with Gasteiger partial charge in [-0.05, 0) is 20.0 Å². The van der Waals surface area contributed by atoms with Gasteiger partial charge in [0.15, 0.2) is 0 Å².